The summed E-state index contributed by atoms with van der Waals surface area (Å²) in [6.45, 7) is 6.84. The van der Waals surface area contributed by atoms with Crippen molar-refractivity contribution in [1.29, 1.82) is 0 Å². The molecule has 3 rings (SSSR count). The van der Waals surface area contributed by atoms with Crippen LogP contribution in [-0.2, 0) is 11.3 Å². The Morgan fingerprint density at radius 1 is 1.23 bits per heavy atom. The van der Waals surface area contributed by atoms with Gasteiger partial charge in [-0.05, 0) is 45.1 Å². The Morgan fingerprint density at radius 3 is 2.85 bits per heavy atom. The lowest BCUT2D eigenvalue weighted by Crippen LogP contribution is -2.36. The summed E-state index contributed by atoms with van der Waals surface area (Å²) in [4.78, 5) is 17.1. The van der Waals surface area contributed by atoms with Crippen LogP contribution in [0.25, 0.3) is 0 Å². The lowest BCUT2D eigenvalue weighted by Gasteiger charge is -2.20. The molecule has 1 fully saturated rings. The maximum atomic E-state index is 12.6. The van der Waals surface area contributed by atoms with Crippen LogP contribution in [0.3, 0.4) is 0 Å². The van der Waals surface area contributed by atoms with E-state index < -0.39 is 0 Å². The number of amides is 1. The minimum atomic E-state index is -0.00133. The first-order valence-electron chi connectivity index (χ1n) is 8.99. The molecule has 7 heteroatoms. The van der Waals surface area contributed by atoms with Crippen molar-refractivity contribution in [3.63, 3.8) is 0 Å². The van der Waals surface area contributed by atoms with Gasteiger partial charge in [-0.3, -0.25) is 9.69 Å². The van der Waals surface area contributed by atoms with Gasteiger partial charge in [0.2, 0.25) is 5.91 Å². The topological polar surface area (TPSA) is 53.4 Å². The summed E-state index contributed by atoms with van der Waals surface area (Å²) >= 11 is 6.26. The van der Waals surface area contributed by atoms with Gasteiger partial charge in [0, 0.05) is 23.7 Å². The summed E-state index contributed by atoms with van der Waals surface area (Å²) in [5, 5.41) is 8.14. The average Bonchev–Trinajstić information content (AvgIpc) is 2.81. The van der Waals surface area contributed by atoms with Crippen molar-refractivity contribution in [2.75, 3.05) is 45.1 Å². The van der Waals surface area contributed by atoms with Crippen molar-refractivity contribution in [2.45, 2.75) is 19.9 Å². The van der Waals surface area contributed by atoms with Crippen molar-refractivity contribution in [3.05, 3.63) is 46.6 Å². The number of benzene rings is 1. The smallest absolute Gasteiger partial charge is 0.239 e. The highest BCUT2D eigenvalue weighted by Gasteiger charge is 2.17. The fraction of sp³-hybridized carbons (Fsp3) is 0.474. The Morgan fingerprint density at radius 2 is 2.04 bits per heavy atom. The highest BCUT2D eigenvalue weighted by molar-refractivity contribution is 6.31. The second-order valence-electron chi connectivity index (χ2n) is 6.91. The number of hydrogen-bond donors (Lipinski definition) is 1. The fourth-order valence-corrected chi connectivity index (χ4v) is 3.38. The number of aromatic nitrogens is 2. The van der Waals surface area contributed by atoms with E-state index in [0.29, 0.717) is 18.1 Å². The number of anilines is 1. The molecule has 0 atom stereocenters. The lowest BCUT2D eigenvalue weighted by molar-refractivity contribution is -0.117. The predicted molar refractivity (Wildman–Crippen MR) is 105 cm³/mol. The summed E-state index contributed by atoms with van der Waals surface area (Å²) in [6, 6.07) is 7.69. The number of hydrogen-bond acceptors (Lipinski definition) is 4. The van der Waals surface area contributed by atoms with Crippen LogP contribution in [0.4, 0.5) is 5.82 Å². The molecule has 2 aromatic rings. The number of rotatable bonds is 5. The molecule has 1 saturated heterocycles. The Balaban J connectivity index is 1.65. The van der Waals surface area contributed by atoms with Crippen LogP contribution in [0, 0.1) is 6.92 Å². The van der Waals surface area contributed by atoms with Crippen LogP contribution < -0.4 is 5.32 Å². The molecule has 0 saturated carbocycles. The van der Waals surface area contributed by atoms with Gasteiger partial charge in [0.05, 0.1) is 19.3 Å². The number of aryl methyl sites for hydroxylation is 1. The normalized spacial score (nSPS) is 16.4. The zero-order valence-corrected chi connectivity index (χ0v) is 16.2. The maximum Gasteiger partial charge on any atom is 0.239 e. The average molecular weight is 376 g/mol. The van der Waals surface area contributed by atoms with Gasteiger partial charge in [0.15, 0.2) is 0 Å². The van der Waals surface area contributed by atoms with E-state index in [-0.39, 0.29) is 5.91 Å². The number of carbonyl (C=O) groups is 1. The monoisotopic (exact) mass is 375 g/mol. The predicted octanol–water partition coefficient (Wildman–Crippen LogP) is 2.47. The standard InChI is InChI=1S/C19H26ClN5O/c1-15-12-21-25(13-16-6-3-4-7-17(16)20)19(15)22-18(26)14-24-9-5-8-23(2)10-11-24/h3-4,6-7,12H,5,8-11,13-14H2,1-2H3,(H,22,26). The molecule has 2 heterocycles. The SMILES string of the molecule is Cc1cnn(Cc2ccccc2Cl)c1NC(=O)CN1CCCN(C)CC1. The van der Waals surface area contributed by atoms with Crippen molar-refractivity contribution < 1.29 is 4.79 Å². The third-order valence-corrected chi connectivity index (χ3v) is 5.11. The van der Waals surface area contributed by atoms with E-state index in [9.17, 15) is 4.79 Å². The van der Waals surface area contributed by atoms with Gasteiger partial charge >= 0.3 is 0 Å². The largest absolute Gasteiger partial charge is 0.310 e. The summed E-state index contributed by atoms with van der Waals surface area (Å²) in [5.41, 5.74) is 1.92. The molecule has 0 radical (unpaired) electrons. The van der Waals surface area contributed by atoms with Crippen LogP contribution in [0.5, 0.6) is 0 Å². The first-order chi connectivity index (χ1) is 12.5. The lowest BCUT2D eigenvalue weighted by atomic mass is 10.2. The molecule has 1 N–H and O–H groups in total. The van der Waals surface area contributed by atoms with Crippen LogP contribution in [0.2, 0.25) is 5.02 Å². The molecule has 0 aliphatic carbocycles. The number of carbonyl (C=O) groups excluding carboxylic acids is 1. The third-order valence-electron chi connectivity index (χ3n) is 4.74. The van der Waals surface area contributed by atoms with Crippen molar-refractivity contribution in [1.82, 2.24) is 19.6 Å². The number of nitrogens with one attached hydrogen (secondary N) is 1. The number of halogens is 1. The molecule has 0 bridgehead atoms. The fourth-order valence-electron chi connectivity index (χ4n) is 3.18. The van der Waals surface area contributed by atoms with Gasteiger partial charge in [0.1, 0.15) is 5.82 Å². The Hall–Kier alpha value is -1.89. The van der Waals surface area contributed by atoms with E-state index in [4.69, 9.17) is 11.6 Å². The molecule has 26 heavy (non-hydrogen) atoms. The van der Waals surface area contributed by atoms with E-state index in [1.807, 2.05) is 31.2 Å². The van der Waals surface area contributed by atoms with Gasteiger partial charge in [0.25, 0.3) is 0 Å². The zero-order chi connectivity index (χ0) is 18.5. The maximum absolute atomic E-state index is 12.6. The van der Waals surface area contributed by atoms with Crippen molar-refractivity contribution in [3.8, 4) is 0 Å². The first kappa shape index (κ1) is 18.9. The van der Waals surface area contributed by atoms with Crippen LogP contribution >= 0.6 is 11.6 Å². The minimum absolute atomic E-state index is 0.00133. The summed E-state index contributed by atoms with van der Waals surface area (Å²) in [6.07, 6.45) is 2.86. The third kappa shape index (κ3) is 4.84. The van der Waals surface area contributed by atoms with E-state index in [0.717, 1.165) is 49.5 Å². The van der Waals surface area contributed by atoms with Crippen molar-refractivity contribution >= 4 is 23.3 Å². The molecule has 6 nitrogen and oxygen atoms in total. The van der Waals surface area contributed by atoms with Gasteiger partial charge in [-0.25, -0.2) is 4.68 Å². The van der Waals surface area contributed by atoms with Gasteiger partial charge in [-0.1, -0.05) is 29.8 Å². The molecule has 1 aromatic heterocycles. The van der Waals surface area contributed by atoms with Crippen LogP contribution in [0.15, 0.2) is 30.5 Å². The van der Waals surface area contributed by atoms with Gasteiger partial charge in [-0.15, -0.1) is 0 Å². The molecule has 140 valence electrons. The minimum Gasteiger partial charge on any atom is -0.310 e. The number of nitrogens with zero attached hydrogens (tertiary/aromatic N) is 4. The first-order valence-corrected chi connectivity index (χ1v) is 9.37. The molecule has 1 aliphatic heterocycles. The summed E-state index contributed by atoms with van der Waals surface area (Å²) in [5.74, 6) is 0.737. The van der Waals surface area contributed by atoms with E-state index >= 15 is 0 Å². The summed E-state index contributed by atoms with van der Waals surface area (Å²) < 4.78 is 1.80. The molecule has 0 spiro atoms. The quantitative estimate of drug-likeness (QED) is 0.872. The molecule has 1 aromatic carbocycles. The molecular weight excluding hydrogens is 350 g/mol. The highest BCUT2D eigenvalue weighted by Crippen LogP contribution is 2.20. The second kappa shape index (κ2) is 8.66. The number of likely N-dealkylation sites (N-methyl/N-ethyl adjacent to an activating group) is 1. The van der Waals surface area contributed by atoms with Crippen LogP contribution in [-0.4, -0.2) is 65.3 Å². The van der Waals surface area contributed by atoms with E-state index in [1.54, 1.807) is 10.9 Å². The van der Waals surface area contributed by atoms with Crippen molar-refractivity contribution in [2.24, 2.45) is 0 Å². The zero-order valence-electron chi connectivity index (χ0n) is 15.4. The van der Waals surface area contributed by atoms with E-state index in [2.05, 4.69) is 27.3 Å². The Kier molecular flexibility index (Phi) is 6.29. The molecule has 1 aliphatic rings. The van der Waals surface area contributed by atoms with E-state index in [1.165, 1.54) is 0 Å². The van der Waals surface area contributed by atoms with Gasteiger partial charge < -0.3 is 10.2 Å². The van der Waals surface area contributed by atoms with Gasteiger partial charge in [-0.2, -0.15) is 5.10 Å². The Labute approximate surface area is 159 Å². The Bertz CT molecular complexity index is 760. The molecular formula is C19H26ClN5O. The van der Waals surface area contributed by atoms with Crippen LogP contribution in [0.1, 0.15) is 17.5 Å². The highest BCUT2D eigenvalue weighted by atomic mass is 35.5. The summed E-state index contributed by atoms with van der Waals surface area (Å²) in [7, 11) is 2.13. The molecule has 0 unspecified atom stereocenters. The second-order valence-corrected chi connectivity index (χ2v) is 7.31. The molecule has 1 amide bonds.